The van der Waals surface area contributed by atoms with E-state index in [9.17, 15) is 19.5 Å². The van der Waals surface area contributed by atoms with Gasteiger partial charge in [-0.05, 0) is 38.0 Å². The van der Waals surface area contributed by atoms with Crippen LogP contribution in [-0.2, 0) is 25.4 Å². The van der Waals surface area contributed by atoms with Crippen LogP contribution in [0.1, 0.15) is 32.1 Å². The second-order valence-electron chi connectivity index (χ2n) is 7.06. The molecular formula is C17H25N5O4. The molecule has 1 saturated carbocycles. The average Bonchev–Trinajstić information content (AvgIpc) is 3.03. The van der Waals surface area contributed by atoms with Crippen LogP contribution in [0.2, 0.25) is 0 Å². The highest BCUT2D eigenvalue weighted by atomic mass is 16.3. The van der Waals surface area contributed by atoms with Gasteiger partial charge in [0.15, 0.2) is 11.2 Å². The molecule has 9 heteroatoms. The molecule has 1 amide bonds. The standard InChI is InChI=1S/C17H25N5O4/c1-20-15-14(16(25)21(2)17(20)26)22(10-19-15)9-13(24)18-8-7-11-3-5-12(23)6-4-11/h10-12,23H,3-9H2,1-2H3,(H,18,24). The highest BCUT2D eigenvalue weighted by Gasteiger charge is 2.19. The number of aromatic nitrogens is 4. The van der Waals surface area contributed by atoms with Gasteiger partial charge in [-0.25, -0.2) is 9.78 Å². The monoisotopic (exact) mass is 363 g/mol. The fraction of sp³-hybridized carbons (Fsp3) is 0.647. The third-order valence-corrected chi connectivity index (χ3v) is 5.22. The molecule has 0 spiro atoms. The second-order valence-corrected chi connectivity index (χ2v) is 7.06. The molecule has 2 N–H and O–H groups in total. The third kappa shape index (κ3) is 3.57. The second kappa shape index (κ2) is 7.45. The maximum Gasteiger partial charge on any atom is 0.332 e. The fourth-order valence-corrected chi connectivity index (χ4v) is 3.58. The zero-order valence-electron chi connectivity index (χ0n) is 15.1. The molecule has 0 unspecified atom stereocenters. The third-order valence-electron chi connectivity index (χ3n) is 5.22. The first-order valence-corrected chi connectivity index (χ1v) is 8.94. The Bertz CT molecular complexity index is 918. The first kappa shape index (κ1) is 18.4. The molecule has 1 fully saturated rings. The Balaban J connectivity index is 1.63. The van der Waals surface area contributed by atoms with E-state index in [-0.39, 0.29) is 29.7 Å². The Morgan fingerprint density at radius 1 is 1.23 bits per heavy atom. The molecule has 0 saturated heterocycles. The summed E-state index contributed by atoms with van der Waals surface area (Å²) in [6.45, 7) is 0.552. The van der Waals surface area contributed by atoms with Crippen LogP contribution < -0.4 is 16.6 Å². The van der Waals surface area contributed by atoms with Crippen LogP contribution in [0.5, 0.6) is 0 Å². The van der Waals surface area contributed by atoms with E-state index in [0.717, 1.165) is 36.7 Å². The summed E-state index contributed by atoms with van der Waals surface area (Å²) >= 11 is 0. The molecule has 3 rings (SSSR count). The molecule has 0 atom stereocenters. The SMILES string of the molecule is Cn1c(=O)c2c(ncn2CC(=O)NCCC2CCC(O)CC2)n(C)c1=O. The van der Waals surface area contributed by atoms with E-state index < -0.39 is 11.2 Å². The maximum absolute atomic E-state index is 12.3. The van der Waals surface area contributed by atoms with E-state index in [1.165, 1.54) is 22.5 Å². The summed E-state index contributed by atoms with van der Waals surface area (Å²) in [4.78, 5) is 40.6. The van der Waals surface area contributed by atoms with Crippen LogP contribution in [0.4, 0.5) is 0 Å². The van der Waals surface area contributed by atoms with Crippen molar-refractivity contribution in [2.24, 2.45) is 20.0 Å². The zero-order chi connectivity index (χ0) is 18.8. The lowest BCUT2D eigenvalue weighted by Gasteiger charge is -2.25. The van der Waals surface area contributed by atoms with Crippen molar-refractivity contribution in [2.45, 2.75) is 44.8 Å². The van der Waals surface area contributed by atoms with Crippen LogP contribution in [0, 0.1) is 5.92 Å². The molecule has 2 heterocycles. The Morgan fingerprint density at radius 2 is 1.92 bits per heavy atom. The Hall–Kier alpha value is -2.42. The average molecular weight is 363 g/mol. The minimum absolute atomic E-state index is 0.0205. The summed E-state index contributed by atoms with van der Waals surface area (Å²) in [7, 11) is 2.95. The van der Waals surface area contributed by atoms with Crippen LogP contribution in [0.3, 0.4) is 0 Å². The Morgan fingerprint density at radius 3 is 2.62 bits per heavy atom. The number of hydrogen-bond acceptors (Lipinski definition) is 5. The number of aliphatic hydroxyl groups is 1. The lowest BCUT2D eigenvalue weighted by atomic mass is 9.85. The summed E-state index contributed by atoms with van der Waals surface area (Å²) < 4.78 is 3.78. The molecule has 0 radical (unpaired) electrons. The lowest BCUT2D eigenvalue weighted by Crippen LogP contribution is -2.38. The van der Waals surface area contributed by atoms with E-state index in [1.54, 1.807) is 7.05 Å². The van der Waals surface area contributed by atoms with Gasteiger partial charge in [0.25, 0.3) is 5.56 Å². The number of fused-ring (bicyclic) bond motifs is 1. The molecule has 0 bridgehead atoms. The molecule has 1 aliphatic rings. The minimum atomic E-state index is -0.464. The topological polar surface area (TPSA) is 111 Å². The first-order chi connectivity index (χ1) is 12.4. The number of nitrogens with one attached hydrogen (secondary N) is 1. The maximum atomic E-state index is 12.3. The molecule has 142 valence electrons. The summed E-state index contributed by atoms with van der Waals surface area (Å²) in [6, 6.07) is 0. The van der Waals surface area contributed by atoms with Gasteiger partial charge >= 0.3 is 5.69 Å². The number of carbonyl (C=O) groups excluding carboxylic acids is 1. The highest BCUT2D eigenvalue weighted by molar-refractivity contribution is 5.78. The van der Waals surface area contributed by atoms with Crippen LogP contribution >= 0.6 is 0 Å². The number of aliphatic hydroxyl groups excluding tert-OH is 1. The van der Waals surface area contributed by atoms with Gasteiger partial charge < -0.3 is 15.0 Å². The van der Waals surface area contributed by atoms with E-state index in [0.29, 0.717) is 12.5 Å². The Labute approximate surface area is 150 Å². The van der Waals surface area contributed by atoms with Gasteiger partial charge in [-0.2, -0.15) is 0 Å². The van der Waals surface area contributed by atoms with Gasteiger partial charge in [0.1, 0.15) is 6.54 Å². The number of rotatable bonds is 5. The fourth-order valence-electron chi connectivity index (χ4n) is 3.58. The van der Waals surface area contributed by atoms with Crippen molar-refractivity contribution in [3.8, 4) is 0 Å². The number of hydrogen-bond donors (Lipinski definition) is 2. The van der Waals surface area contributed by atoms with Gasteiger partial charge in [0.2, 0.25) is 5.91 Å². The zero-order valence-corrected chi connectivity index (χ0v) is 15.1. The van der Waals surface area contributed by atoms with Gasteiger partial charge in [-0.3, -0.25) is 18.7 Å². The van der Waals surface area contributed by atoms with Crippen LogP contribution in [-0.4, -0.2) is 42.3 Å². The number of amides is 1. The summed E-state index contributed by atoms with van der Waals surface area (Å²) in [5.41, 5.74) is -0.401. The van der Waals surface area contributed by atoms with Gasteiger partial charge in [-0.1, -0.05) is 0 Å². The number of carbonyl (C=O) groups is 1. The predicted octanol–water partition coefficient (Wildman–Crippen LogP) is -0.509. The molecule has 0 aliphatic heterocycles. The van der Waals surface area contributed by atoms with Crippen molar-refractivity contribution >= 4 is 17.1 Å². The van der Waals surface area contributed by atoms with Crippen molar-refractivity contribution in [3.63, 3.8) is 0 Å². The minimum Gasteiger partial charge on any atom is -0.393 e. The molecule has 2 aromatic heterocycles. The van der Waals surface area contributed by atoms with Crippen molar-refractivity contribution < 1.29 is 9.90 Å². The van der Waals surface area contributed by atoms with Gasteiger partial charge in [0, 0.05) is 20.6 Å². The van der Waals surface area contributed by atoms with Crippen molar-refractivity contribution in [1.82, 2.24) is 24.0 Å². The van der Waals surface area contributed by atoms with E-state index >= 15 is 0 Å². The first-order valence-electron chi connectivity index (χ1n) is 8.94. The van der Waals surface area contributed by atoms with Crippen LogP contribution in [0.25, 0.3) is 11.2 Å². The lowest BCUT2D eigenvalue weighted by molar-refractivity contribution is -0.121. The van der Waals surface area contributed by atoms with Crippen LogP contribution in [0.15, 0.2) is 15.9 Å². The van der Waals surface area contributed by atoms with E-state index in [1.807, 2.05) is 0 Å². The molecular weight excluding hydrogens is 338 g/mol. The number of nitrogens with zero attached hydrogens (tertiary/aromatic N) is 4. The van der Waals surface area contributed by atoms with Gasteiger partial charge in [0.05, 0.1) is 12.4 Å². The largest absolute Gasteiger partial charge is 0.393 e. The summed E-state index contributed by atoms with van der Waals surface area (Å²) in [5.74, 6) is 0.339. The van der Waals surface area contributed by atoms with Crippen molar-refractivity contribution in [2.75, 3.05) is 6.54 Å². The van der Waals surface area contributed by atoms with E-state index in [4.69, 9.17) is 0 Å². The Kier molecular flexibility index (Phi) is 5.26. The van der Waals surface area contributed by atoms with Crippen molar-refractivity contribution in [1.29, 1.82) is 0 Å². The summed E-state index contributed by atoms with van der Waals surface area (Å²) in [6.07, 6.45) is 5.78. The smallest absolute Gasteiger partial charge is 0.332 e. The predicted molar refractivity (Wildman–Crippen MR) is 95.8 cm³/mol. The molecule has 0 aromatic carbocycles. The normalized spacial score (nSPS) is 20.4. The van der Waals surface area contributed by atoms with Crippen molar-refractivity contribution in [3.05, 3.63) is 27.2 Å². The quantitative estimate of drug-likeness (QED) is 0.743. The molecule has 1 aliphatic carbocycles. The van der Waals surface area contributed by atoms with E-state index in [2.05, 4.69) is 10.3 Å². The molecule has 26 heavy (non-hydrogen) atoms. The molecule has 2 aromatic rings. The highest BCUT2D eigenvalue weighted by Crippen LogP contribution is 2.26. The molecule has 9 nitrogen and oxygen atoms in total. The summed E-state index contributed by atoms with van der Waals surface area (Å²) in [5, 5.41) is 12.4. The van der Waals surface area contributed by atoms with Gasteiger partial charge in [-0.15, -0.1) is 0 Å². The number of aryl methyl sites for hydroxylation is 1. The number of imidazole rings is 1.